The third-order valence-electron chi connectivity index (χ3n) is 4.72. The molecule has 2 atom stereocenters. The second kappa shape index (κ2) is 22.6. The van der Waals surface area contributed by atoms with Crippen LogP contribution >= 0.6 is 0 Å². The van der Waals surface area contributed by atoms with Gasteiger partial charge in [0.05, 0.1) is 13.0 Å². The number of quaternary nitrogens is 4. The van der Waals surface area contributed by atoms with E-state index in [1.165, 1.54) is 10.6 Å². The lowest BCUT2D eigenvalue weighted by atomic mass is 10.3. The van der Waals surface area contributed by atoms with E-state index in [0.29, 0.717) is 0 Å². The van der Waals surface area contributed by atoms with Crippen LogP contribution in [0.4, 0.5) is 0 Å². The lowest BCUT2D eigenvalue weighted by Crippen LogP contribution is -3.22. The van der Waals surface area contributed by atoms with Gasteiger partial charge in [-0.1, -0.05) is 0 Å². The zero-order valence-electron chi connectivity index (χ0n) is 16.5. The molecule has 1 aromatic rings. The maximum atomic E-state index is 10.9. The van der Waals surface area contributed by atoms with Gasteiger partial charge in [0.25, 0.3) is 0 Å². The number of carbonyl (C=O) groups is 1. The van der Waals surface area contributed by atoms with Gasteiger partial charge in [0.2, 0.25) is 5.69 Å². The van der Waals surface area contributed by atoms with Gasteiger partial charge in [0.1, 0.15) is 52.4 Å². The first kappa shape index (κ1) is 36.3. The van der Waals surface area contributed by atoms with Crippen molar-refractivity contribution in [1.29, 1.82) is 0 Å². The van der Waals surface area contributed by atoms with Crippen LogP contribution < -0.4 is 87.5 Å². The minimum Gasteiger partial charge on any atom is -1.00 e. The third kappa shape index (κ3) is 17.3. The molecule has 174 valence electrons. The highest BCUT2D eigenvalue weighted by Gasteiger charge is 2.19. The van der Waals surface area contributed by atoms with Crippen LogP contribution in [0.25, 0.3) is 0 Å². The third-order valence-corrected chi connectivity index (χ3v) is 4.72. The number of hydrogen-bond donors (Lipinski definition) is 5. The lowest BCUT2D eigenvalue weighted by molar-refractivity contribution is -0.977. The molecular weight excluding hydrogens is 483 g/mol. The van der Waals surface area contributed by atoms with Gasteiger partial charge >= 0.3 is 5.97 Å². The van der Waals surface area contributed by atoms with Gasteiger partial charge in [0.15, 0.2) is 12.7 Å². The van der Waals surface area contributed by atoms with Crippen molar-refractivity contribution in [2.45, 2.75) is 13.0 Å². The van der Waals surface area contributed by atoms with E-state index in [1.807, 2.05) is 12.3 Å². The molecule has 0 spiro atoms. The van der Waals surface area contributed by atoms with E-state index in [9.17, 15) is 4.79 Å². The second-order valence-corrected chi connectivity index (χ2v) is 6.69. The van der Waals surface area contributed by atoms with Crippen LogP contribution in [-0.4, -0.2) is 70.0 Å². The highest BCUT2D eigenvalue weighted by Crippen LogP contribution is 1.84. The molecule has 1 saturated heterocycles. The molecule has 12 heteroatoms. The first-order valence-electron chi connectivity index (χ1n) is 9.22. The van der Waals surface area contributed by atoms with Crippen molar-refractivity contribution < 1.29 is 97.4 Å². The minimum atomic E-state index is -0.685. The molecular formula is C17H34Cl5N5O2. The number of halogens is 5. The maximum Gasteiger partial charge on any atom is 0.309 e. The average molecular weight is 518 g/mol. The average Bonchev–Trinajstić information content (AvgIpc) is 2.57. The lowest BCUT2D eigenvalue weighted by Gasteiger charge is -2.22. The second-order valence-electron chi connectivity index (χ2n) is 6.69. The van der Waals surface area contributed by atoms with Gasteiger partial charge in [-0.05, 0) is 6.07 Å². The molecule has 0 aromatic carbocycles. The minimum absolute atomic E-state index is 0. The molecule has 2 unspecified atom stereocenters. The van der Waals surface area contributed by atoms with Crippen LogP contribution in [0.15, 0.2) is 24.4 Å². The summed E-state index contributed by atoms with van der Waals surface area (Å²) in [5.41, 5.74) is 1.26. The Bertz CT molecular complexity index is 491. The highest BCUT2D eigenvalue weighted by atomic mass is 35.5. The standard InChI is InChI=1S/C17H29N5O2.5ClH/c23-17(24)4-10-21-11-8-18-6-7-19-9-12-22(14-13-21)15-16-3-1-2-5-20-16;;;;;/h1-3,5,18-19H,4,6-15H2,(H,23,24);5*1H. The van der Waals surface area contributed by atoms with E-state index in [-0.39, 0.29) is 68.5 Å². The summed E-state index contributed by atoms with van der Waals surface area (Å²) >= 11 is 0. The first-order valence-corrected chi connectivity index (χ1v) is 9.22. The summed E-state index contributed by atoms with van der Waals surface area (Å²) in [4.78, 5) is 17.2. The number of H-pyrrole nitrogens is 1. The van der Waals surface area contributed by atoms with Crippen molar-refractivity contribution in [3.63, 3.8) is 0 Å². The molecule has 2 rings (SSSR count). The fourth-order valence-corrected chi connectivity index (χ4v) is 3.26. The molecule has 7 nitrogen and oxygen atoms in total. The Kier molecular flexibility index (Phi) is 28.3. The molecule has 0 bridgehead atoms. The van der Waals surface area contributed by atoms with Gasteiger partial charge in [-0.15, -0.1) is 0 Å². The van der Waals surface area contributed by atoms with E-state index in [2.05, 4.69) is 27.8 Å². The smallest absolute Gasteiger partial charge is 0.309 e. The normalized spacial score (nSPS) is 19.7. The number of carboxylic acid groups (broad SMARTS) is 1. The molecule has 1 fully saturated rings. The molecule has 0 amide bonds. The fourth-order valence-electron chi connectivity index (χ4n) is 3.26. The number of aromatic amines is 1. The van der Waals surface area contributed by atoms with Gasteiger partial charge in [-0.2, -0.15) is 0 Å². The molecule has 1 aliphatic heterocycles. The Hall–Kier alpha value is -0.0900. The maximum absolute atomic E-state index is 10.9. The molecule has 0 radical (unpaired) electrons. The molecule has 29 heavy (non-hydrogen) atoms. The Morgan fingerprint density at radius 3 is 2.03 bits per heavy atom. The van der Waals surface area contributed by atoms with Crippen LogP contribution in [0.5, 0.6) is 0 Å². The zero-order chi connectivity index (χ0) is 17.0. The van der Waals surface area contributed by atoms with E-state index in [4.69, 9.17) is 5.11 Å². The number of hydrogen-bond acceptors (Lipinski definition) is 1. The van der Waals surface area contributed by atoms with E-state index >= 15 is 0 Å². The zero-order valence-corrected chi connectivity index (χ0v) is 20.3. The summed E-state index contributed by atoms with van der Waals surface area (Å²) in [7, 11) is 0. The monoisotopic (exact) mass is 515 g/mol. The Morgan fingerprint density at radius 2 is 1.48 bits per heavy atom. The first-order chi connectivity index (χ1) is 11.7. The molecule has 0 aliphatic carbocycles. The van der Waals surface area contributed by atoms with Gasteiger partial charge in [0, 0.05) is 12.1 Å². The summed E-state index contributed by atoms with van der Waals surface area (Å²) in [6, 6.07) is 6.24. The van der Waals surface area contributed by atoms with E-state index in [0.717, 1.165) is 65.4 Å². The predicted octanol–water partition coefficient (Wildman–Crippen LogP) is -20.6. The summed E-state index contributed by atoms with van der Waals surface area (Å²) in [5.74, 6) is -0.685. The van der Waals surface area contributed by atoms with Crippen LogP contribution in [-0.2, 0) is 11.3 Å². The number of pyridine rings is 1. The number of aromatic nitrogens is 1. The molecule has 1 aromatic heterocycles. The van der Waals surface area contributed by atoms with Gasteiger partial charge in [-0.3, -0.25) is 4.79 Å². The van der Waals surface area contributed by atoms with Crippen LogP contribution in [0, 0.1) is 0 Å². The van der Waals surface area contributed by atoms with Gasteiger partial charge in [-0.25, -0.2) is 4.98 Å². The number of nitrogens with one attached hydrogen (secondary N) is 3. The van der Waals surface area contributed by atoms with Crippen molar-refractivity contribution in [1.82, 2.24) is 0 Å². The van der Waals surface area contributed by atoms with Crippen LogP contribution in [0.1, 0.15) is 12.1 Å². The van der Waals surface area contributed by atoms with E-state index < -0.39 is 5.97 Å². The fraction of sp³-hybridized carbons (Fsp3) is 0.647. The Labute approximate surface area is 204 Å². The molecule has 0 saturated carbocycles. The number of aliphatic carboxylic acids is 1. The predicted molar refractivity (Wildman–Crippen MR) is 88.5 cm³/mol. The summed E-state index contributed by atoms with van der Waals surface area (Å²) < 4.78 is 0. The van der Waals surface area contributed by atoms with Crippen LogP contribution in [0.3, 0.4) is 0 Å². The molecule has 2 heterocycles. The topological polar surface area (TPSA) is 93.5 Å². The number of carboxylic acids is 1. The summed E-state index contributed by atoms with van der Waals surface area (Å²) in [6.07, 6.45) is 2.25. The Morgan fingerprint density at radius 1 is 0.897 bits per heavy atom. The van der Waals surface area contributed by atoms with Crippen LogP contribution in [0.2, 0.25) is 0 Å². The molecule has 1 aliphatic rings. The highest BCUT2D eigenvalue weighted by molar-refractivity contribution is 5.66. The van der Waals surface area contributed by atoms with Crippen molar-refractivity contribution >= 4 is 5.97 Å². The van der Waals surface area contributed by atoms with Crippen molar-refractivity contribution in [2.24, 2.45) is 0 Å². The Balaban J connectivity index is -0.000000625. The largest absolute Gasteiger partial charge is 1.00 e. The van der Waals surface area contributed by atoms with Crippen molar-refractivity contribution in [2.75, 3.05) is 58.9 Å². The van der Waals surface area contributed by atoms with Gasteiger partial charge < -0.3 is 87.6 Å². The summed E-state index contributed by atoms with van der Waals surface area (Å²) in [6.45, 7) is 10.6. The van der Waals surface area contributed by atoms with Crippen molar-refractivity contribution in [3.8, 4) is 0 Å². The molecule has 8 N–H and O–H groups in total. The number of nitrogens with two attached hydrogens (primary N) is 2. The van der Waals surface area contributed by atoms with Crippen molar-refractivity contribution in [3.05, 3.63) is 30.1 Å². The van der Waals surface area contributed by atoms with E-state index in [1.54, 1.807) is 4.90 Å². The SMILES string of the molecule is O=C(O)CC[NH+]1CC[NH2+]CC[NH2+]CC[NH+](Cc2cccc[nH+]2)CC1.[Cl-].[Cl-].[Cl-].[Cl-].[Cl-]. The number of rotatable bonds is 5. The summed E-state index contributed by atoms with van der Waals surface area (Å²) in [5, 5.41) is 13.7. The quantitative estimate of drug-likeness (QED) is 0.268.